The Kier molecular flexibility index (Phi) is 5.67. The van der Waals surface area contributed by atoms with Crippen molar-refractivity contribution in [3.05, 3.63) is 146 Å². The molecule has 4 heterocycles. The Morgan fingerprint density at radius 1 is 0.408 bits per heavy atom. The second kappa shape index (κ2) is 10.3. The molecule has 0 saturated heterocycles. The van der Waals surface area contributed by atoms with Crippen molar-refractivity contribution in [1.29, 1.82) is 0 Å². The molecule has 0 saturated carbocycles. The highest BCUT2D eigenvalue weighted by Gasteiger charge is 2.19. The third kappa shape index (κ3) is 4.18. The van der Waals surface area contributed by atoms with Gasteiger partial charge in [-0.15, -0.1) is 22.7 Å². The Bertz CT molecular complexity index is 2960. The van der Waals surface area contributed by atoms with Crippen LogP contribution in [-0.2, 0) is 0 Å². The van der Waals surface area contributed by atoms with Crippen molar-refractivity contribution >= 4 is 113 Å². The summed E-state index contributed by atoms with van der Waals surface area (Å²) in [4.78, 5) is 7.13. The van der Waals surface area contributed by atoms with Gasteiger partial charge in [0, 0.05) is 85.9 Å². The van der Waals surface area contributed by atoms with E-state index in [2.05, 4.69) is 114 Å². The highest BCUT2D eigenvalue weighted by atomic mass is 32.1. The predicted molar refractivity (Wildman–Crippen MR) is 207 cm³/mol. The Morgan fingerprint density at radius 3 is 1.67 bits per heavy atom. The van der Waals surface area contributed by atoms with Crippen molar-refractivity contribution in [3.8, 4) is 11.5 Å². The minimum absolute atomic E-state index is 0.608. The summed E-state index contributed by atoms with van der Waals surface area (Å²) in [5.74, 6) is 0.608. The SMILES string of the molecule is c1ccc(-c2nc3cc4oc5cc(N(c6ccc7sc8ccccc8c7c6)c6ccc7sc8ccccc8c7c6)ccc5c4cc3o2)cc1. The van der Waals surface area contributed by atoms with Crippen LogP contribution in [0.3, 0.4) is 0 Å². The van der Waals surface area contributed by atoms with Crippen molar-refractivity contribution in [1.82, 2.24) is 4.98 Å². The fourth-order valence-corrected chi connectivity index (χ4v) is 9.36. The number of oxazole rings is 1. The van der Waals surface area contributed by atoms with Crippen LogP contribution in [-0.4, -0.2) is 4.98 Å². The number of aromatic nitrogens is 1. The maximum atomic E-state index is 6.56. The number of thiophene rings is 2. The lowest BCUT2D eigenvalue weighted by atomic mass is 10.1. The molecule has 49 heavy (non-hydrogen) atoms. The van der Waals surface area contributed by atoms with E-state index in [9.17, 15) is 0 Å². The molecule has 0 radical (unpaired) electrons. The molecule has 0 aliphatic heterocycles. The Hall–Kier alpha value is -5.95. The maximum Gasteiger partial charge on any atom is 0.227 e. The zero-order valence-electron chi connectivity index (χ0n) is 25.9. The van der Waals surface area contributed by atoms with Crippen molar-refractivity contribution in [2.75, 3.05) is 4.90 Å². The van der Waals surface area contributed by atoms with E-state index in [1.807, 2.05) is 59.1 Å². The molecule has 0 fully saturated rings. The van der Waals surface area contributed by atoms with Gasteiger partial charge in [-0.1, -0.05) is 54.6 Å². The van der Waals surface area contributed by atoms with Crippen molar-refractivity contribution in [2.45, 2.75) is 0 Å². The molecule has 0 bridgehead atoms. The van der Waals surface area contributed by atoms with Crippen molar-refractivity contribution < 1.29 is 8.83 Å². The minimum atomic E-state index is 0.608. The standard InChI is InChI=1S/C43H24N2O2S2/c1-2-8-25(9-3-1)43-44-35-24-37-32(23-38(35)47-43)29-17-14-28(22-36(29)46-37)45(26-15-18-41-33(20-26)30-10-4-6-12-39(30)48-41)27-16-19-42-34(21-27)31-11-5-7-13-40(31)49-42/h1-24H. The van der Waals surface area contributed by atoms with Crippen LogP contribution in [0.25, 0.3) is 84.8 Å². The average molecular weight is 665 g/mol. The fourth-order valence-electron chi connectivity index (χ4n) is 7.18. The van der Waals surface area contributed by atoms with E-state index in [0.29, 0.717) is 5.89 Å². The van der Waals surface area contributed by atoms with E-state index in [1.165, 1.54) is 40.3 Å². The van der Waals surface area contributed by atoms with E-state index in [0.717, 1.165) is 55.7 Å². The molecule has 0 amide bonds. The minimum Gasteiger partial charge on any atom is -0.456 e. The van der Waals surface area contributed by atoms with E-state index in [-0.39, 0.29) is 0 Å². The summed E-state index contributed by atoms with van der Waals surface area (Å²) in [5.41, 5.74) is 7.30. The van der Waals surface area contributed by atoms with Gasteiger partial charge in [-0.2, -0.15) is 0 Å². The molecule has 7 aromatic carbocycles. The van der Waals surface area contributed by atoms with Gasteiger partial charge in [-0.25, -0.2) is 4.98 Å². The number of hydrogen-bond donors (Lipinski definition) is 0. The lowest BCUT2D eigenvalue weighted by molar-refractivity contribution is 0.620. The number of hydrogen-bond acceptors (Lipinski definition) is 6. The van der Waals surface area contributed by atoms with Gasteiger partial charge in [0.15, 0.2) is 5.58 Å². The van der Waals surface area contributed by atoms with Crippen LogP contribution < -0.4 is 4.90 Å². The van der Waals surface area contributed by atoms with Gasteiger partial charge in [0.25, 0.3) is 0 Å². The largest absolute Gasteiger partial charge is 0.456 e. The van der Waals surface area contributed by atoms with E-state index >= 15 is 0 Å². The fraction of sp³-hybridized carbons (Fsp3) is 0. The molecule has 0 aliphatic carbocycles. The van der Waals surface area contributed by atoms with Crippen LogP contribution in [0.1, 0.15) is 0 Å². The summed E-state index contributed by atoms with van der Waals surface area (Å²) >= 11 is 3.68. The summed E-state index contributed by atoms with van der Waals surface area (Å²) < 4.78 is 17.9. The zero-order chi connectivity index (χ0) is 32.1. The zero-order valence-corrected chi connectivity index (χ0v) is 27.5. The van der Waals surface area contributed by atoms with Gasteiger partial charge in [0.1, 0.15) is 16.7 Å². The summed E-state index contributed by atoms with van der Waals surface area (Å²) in [6.07, 6.45) is 0. The van der Waals surface area contributed by atoms with Crippen LogP contribution in [0.5, 0.6) is 0 Å². The highest BCUT2D eigenvalue weighted by molar-refractivity contribution is 7.26. The van der Waals surface area contributed by atoms with Crippen LogP contribution in [0, 0.1) is 0 Å². The lowest BCUT2D eigenvalue weighted by Gasteiger charge is -2.26. The molecule has 4 aromatic heterocycles. The van der Waals surface area contributed by atoms with Crippen LogP contribution in [0.2, 0.25) is 0 Å². The van der Waals surface area contributed by atoms with E-state index in [4.69, 9.17) is 13.8 Å². The highest BCUT2D eigenvalue weighted by Crippen LogP contribution is 2.44. The second-order valence-corrected chi connectivity index (χ2v) is 14.5. The van der Waals surface area contributed by atoms with Gasteiger partial charge in [-0.05, 0) is 78.9 Å². The molecular weight excluding hydrogens is 641 g/mol. The number of rotatable bonds is 4. The maximum absolute atomic E-state index is 6.56. The quantitative estimate of drug-likeness (QED) is 0.188. The first-order chi connectivity index (χ1) is 24.2. The van der Waals surface area contributed by atoms with Gasteiger partial charge >= 0.3 is 0 Å². The molecule has 4 nitrogen and oxygen atoms in total. The first-order valence-corrected chi connectivity index (χ1v) is 17.8. The third-order valence-electron chi connectivity index (χ3n) is 9.48. The molecule has 0 N–H and O–H groups in total. The monoisotopic (exact) mass is 664 g/mol. The number of anilines is 3. The molecular formula is C43H24N2O2S2. The van der Waals surface area contributed by atoms with E-state index in [1.54, 1.807) is 0 Å². The van der Waals surface area contributed by atoms with Gasteiger partial charge < -0.3 is 13.7 Å². The molecule has 11 rings (SSSR count). The summed E-state index contributed by atoms with van der Waals surface area (Å²) in [6, 6.07) is 51.5. The molecule has 11 aromatic rings. The van der Waals surface area contributed by atoms with E-state index < -0.39 is 0 Å². The molecule has 0 aliphatic rings. The van der Waals surface area contributed by atoms with Crippen LogP contribution in [0.4, 0.5) is 17.1 Å². The number of nitrogens with zero attached hydrogens (tertiary/aromatic N) is 2. The number of fused-ring (bicyclic) bond motifs is 10. The molecule has 0 spiro atoms. The summed E-state index contributed by atoms with van der Waals surface area (Å²) in [5, 5.41) is 7.14. The van der Waals surface area contributed by atoms with Crippen LogP contribution >= 0.6 is 22.7 Å². The summed E-state index contributed by atoms with van der Waals surface area (Å²) in [6.45, 7) is 0. The molecule has 0 atom stereocenters. The molecule has 230 valence electrons. The summed E-state index contributed by atoms with van der Waals surface area (Å²) in [7, 11) is 0. The van der Waals surface area contributed by atoms with Crippen molar-refractivity contribution in [2.24, 2.45) is 0 Å². The lowest BCUT2D eigenvalue weighted by Crippen LogP contribution is -2.09. The van der Waals surface area contributed by atoms with Gasteiger partial charge in [-0.3, -0.25) is 0 Å². The predicted octanol–water partition coefficient (Wildman–Crippen LogP) is 13.6. The average Bonchev–Trinajstić information content (AvgIpc) is 3.92. The van der Waals surface area contributed by atoms with Gasteiger partial charge in [0.05, 0.1) is 0 Å². The molecule has 0 unspecified atom stereocenters. The second-order valence-electron chi connectivity index (χ2n) is 12.4. The number of furan rings is 1. The number of benzene rings is 7. The topological polar surface area (TPSA) is 42.4 Å². The molecule has 6 heteroatoms. The first-order valence-electron chi connectivity index (χ1n) is 16.2. The Balaban J connectivity index is 1.10. The van der Waals surface area contributed by atoms with Gasteiger partial charge in [0.2, 0.25) is 5.89 Å². The Morgan fingerprint density at radius 2 is 0.980 bits per heavy atom. The van der Waals surface area contributed by atoms with Crippen LogP contribution in [0.15, 0.2) is 154 Å². The normalized spacial score (nSPS) is 12.1. The van der Waals surface area contributed by atoms with Crippen molar-refractivity contribution in [3.63, 3.8) is 0 Å². The smallest absolute Gasteiger partial charge is 0.227 e. The third-order valence-corrected chi connectivity index (χ3v) is 11.8. The first kappa shape index (κ1) is 27.0. The Labute approximate surface area is 287 Å².